The number of thiophene rings is 1. The maximum atomic E-state index is 5.93. The van der Waals surface area contributed by atoms with Crippen molar-refractivity contribution in [3.63, 3.8) is 0 Å². The molecule has 2 unspecified atom stereocenters. The van der Waals surface area contributed by atoms with Gasteiger partial charge in [0.25, 0.3) is 0 Å². The third-order valence-corrected chi connectivity index (χ3v) is 7.23. The van der Waals surface area contributed by atoms with Crippen LogP contribution in [0.4, 0.5) is 0 Å². The van der Waals surface area contributed by atoms with Gasteiger partial charge in [0.1, 0.15) is 0 Å². The van der Waals surface area contributed by atoms with Crippen LogP contribution in [-0.4, -0.2) is 4.61 Å². The van der Waals surface area contributed by atoms with Gasteiger partial charge in [0, 0.05) is 0 Å². The van der Waals surface area contributed by atoms with Gasteiger partial charge in [0.05, 0.1) is 0 Å². The van der Waals surface area contributed by atoms with E-state index in [9.17, 15) is 0 Å². The van der Waals surface area contributed by atoms with Crippen molar-refractivity contribution in [3.8, 4) is 0 Å². The number of halogens is 3. The van der Waals surface area contributed by atoms with E-state index in [0.717, 1.165) is 0 Å². The molecule has 102 valence electrons. The molecule has 0 radical (unpaired) electrons. The Balaban J connectivity index is 1.95. The molecule has 2 atom stereocenters. The molecule has 5 heteroatoms. The summed E-state index contributed by atoms with van der Waals surface area (Å²) in [6.45, 7) is 2.16. The first kappa shape index (κ1) is 15.4. The fraction of sp³-hybridized carbons (Fsp3) is 0.462. The van der Waals surface area contributed by atoms with Crippen molar-refractivity contribution in [2.24, 2.45) is 11.8 Å². The maximum absolute atomic E-state index is 5.93. The third-order valence-electron chi connectivity index (χ3n) is 3.22. The molecule has 18 heavy (non-hydrogen) atoms. The summed E-state index contributed by atoms with van der Waals surface area (Å²) in [6, 6.07) is 2.17. The summed E-state index contributed by atoms with van der Waals surface area (Å²) in [7, 11) is 11.9. The number of hydrogen-bond donors (Lipinski definition) is 0. The van der Waals surface area contributed by atoms with Gasteiger partial charge in [-0.25, -0.2) is 0 Å². The molecule has 1 saturated carbocycles. The van der Waals surface area contributed by atoms with Crippen LogP contribution in [0.3, 0.4) is 0 Å². The Bertz CT molecular complexity index is 477. The van der Waals surface area contributed by atoms with E-state index < -0.39 is 13.5 Å². The van der Waals surface area contributed by atoms with Gasteiger partial charge >= 0.3 is 135 Å². The Hall–Kier alpha value is 0.993. The average molecular weight is 455 g/mol. The minimum atomic E-state index is -1.58. The zero-order valence-electron chi connectivity index (χ0n) is 9.98. The molecule has 0 amide bonds. The molecule has 1 heterocycles. The zero-order chi connectivity index (χ0) is 13.1. The molecular formula is C13H15BrCl2RuS. The van der Waals surface area contributed by atoms with E-state index in [-0.39, 0.29) is 0 Å². The van der Waals surface area contributed by atoms with Crippen LogP contribution in [0.25, 0.3) is 6.08 Å². The quantitative estimate of drug-likeness (QED) is 0.493. The summed E-state index contributed by atoms with van der Waals surface area (Å²) in [6.07, 6.45) is 8.35. The van der Waals surface area contributed by atoms with Gasteiger partial charge in [-0.3, -0.25) is 0 Å². The summed E-state index contributed by atoms with van der Waals surface area (Å²) in [4.78, 5) is 1.36. The van der Waals surface area contributed by atoms with Crippen molar-refractivity contribution < 1.29 is 13.5 Å². The Labute approximate surface area is 134 Å². The predicted octanol–water partition coefficient (Wildman–Crippen LogP) is 5.98. The Kier molecular flexibility index (Phi) is 6.09. The summed E-state index contributed by atoms with van der Waals surface area (Å²) >= 11 is 3.74. The Morgan fingerprint density at radius 3 is 2.72 bits per heavy atom. The Morgan fingerprint density at radius 2 is 2.11 bits per heavy atom. The first-order valence-corrected chi connectivity index (χ1v) is 12.9. The molecule has 1 aliphatic carbocycles. The van der Waals surface area contributed by atoms with Crippen LogP contribution in [-0.2, 0) is 13.5 Å². The van der Waals surface area contributed by atoms with E-state index in [1.807, 2.05) is 0 Å². The van der Waals surface area contributed by atoms with E-state index in [2.05, 4.69) is 45.7 Å². The van der Waals surface area contributed by atoms with Gasteiger partial charge in [-0.1, -0.05) is 0 Å². The van der Waals surface area contributed by atoms with E-state index in [4.69, 9.17) is 19.4 Å². The number of allylic oxidation sites excluding steroid dienone is 1. The molecule has 1 fully saturated rings. The van der Waals surface area contributed by atoms with Crippen LogP contribution < -0.4 is 0 Å². The molecule has 0 nitrogen and oxygen atoms in total. The summed E-state index contributed by atoms with van der Waals surface area (Å²) in [5.41, 5.74) is 1.35. The second kappa shape index (κ2) is 7.13. The van der Waals surface area contributed by atoms with Gasteiger partial charge in [-0.2, -0.15) is 0 Å². The average Bonchev–Trinajstić information content (AvgIpc) is 2.82. The van der Waals surface area contributed by atoms with E-state index in [1.165, 1.54) is 33.5 Å². The van der Waals surface area contributed by atoms with Crippen molar-refractivity contribution in [2.45, 2.75) is 26.2 Å². The molecule has 0 aromatic carbocycles. The zero-order valence-corrected chi connectivity index (χ0v) is 15.6. The van der Waals surface area contributed by atoms with Crippen molar-refractivity contribution >= 4 is 57.3 Å². The van der Waals surface area contributed by atoms with Crippen molar-refractivity contribution in [1.82, 2.24) is 0 Å². The molecule has 1 aliphatic rings. The number of rotatable bonds is 3. The van der Waals surface area contributed by atoms with Gasteiger partial charge in [0.2, 0.25) is 0 Å². The molecule has 0 saturated heterocycles. The number of hydrogen-bond acceptors (Lipinski definition) is 1. The van der Waals surface area contributed by atoms with Gasteiger partial charge < -0.3 is 0 Å². The summed E-state index contributed by atoms with van der Waals surface area (Å²) < 4.78 is 3.41. The van der Waals surface area contributed by atoms with Gasteiger partial charge in [-0.05, 0) is 0 Å². The van der Waals surface area contributed by atoms with Gasteiger partial charge in [-0.15, -0.1) is 0 Å². The van der Waals surface area contributed by atoms with Crippen LogP contribution in [0.2, 0.25) is 0 Å². The second-order valence-corrected chi connectivity index (χ2v) is 12.9. The predicted molar refractivity (Wildman–Crippen MR) is 84.4 cm³/mol. The molecular weight excluding hydrogens is 440 g/mol. The standard InChI is InChI=1S/C13H15BrS.2ClH.Ru/c1-9-3-4-11(7-9)5-6-12-10(2)8-13(14)15-12;;;/h1,5-6,8-9,11H,3-4,7H2,2H3;2*1H;/q;;;+2/p-2/b6-5+;;;. The normalized spacial score (nSPS) is 24.8. The van der Waals surface area contributed by atoms with Crippen molar-refractivity contribution in [3.05, 3.63) is 26.4 Å². The van der Waals surface area contributed by atoms with Crippen LogP contribution in [0, 0.1) is 18.8 Å². The van der Waals surface area contributed by atoms with E-state index in [1.54, 1.807) is 11.3 Å². The van der Waals surface area contributed by atoms with Gasteiger partial charge in [0.15, 0.2) is 0 Å². The monoisotopic (exact) mass is 454 g/mol. The number of aryl methyl sites for hydroxylation is 1. The first-order chi connectivity index (χ1) is 8.54. The molecule has 0 bridgehead atoms. The van der Waals surface area contributed by atoms with Crippen molar-refractivity contribution in [1.29, 1.82) is 0 Å². The summed E-state index contributed by atoms with van der Waals surface area (Å²) in [5.74, 6) is 1.33. The minimum absolute atomic E-state index is 0.643. The second-order valence-electron chi connectivity index (χ2n) is 4.61. The van der Waals surface area contributed by atoms with Crippen LogP contribution in [0.1, 0.15) is 29.7 Å². The molecule has 0 spiro atoms. The van der Waals surface area contributed by atoms with Crippen LogP contribution in [0.15, 0.2) is 15.9 Å². The van der Waals surface area contributed by atoms with E-state index in [0.29, 0.717) is 11.8 Å². The molecule has 2 rings (SSSR count). The SMILES string of the molecule is Cc1cc(Br)sc1/C=C/C1CCC([CH]=[Ru]([Cl])[Cl])C1. The van der Waals surface area contributed by atoms with Crippen LogP contribution >= 0.6 is 46.6 Å². The molecule has 1 aromatic heterocycles. The third kappa shape index (κ3) is 4.53. The first-order valence-electron chi connectivity index (χ1n) is 5.82. The Morgan fingerprint density at radius 1 is 1.39 bits per heavy atom. The van der Waals surface area contributed by atoms with Crippen molar-refractivity contribution in [2.75, 3.05) is 0 Å². The summed E-state index contributed by atoms with van der Waals surface area (Å²) in [5, 5.41) is 0. The topological polar surface area (TPSA) is 0 Å². The molecule has 0 N–H and O–H groups in total. The molecule has 1 aromatic rings. The fourth-order valence-electron chi connectivity index (χ4n) is 2.31. The fourth-order valence-corrected chi connectivity index (χ4v) is 6.62. The van der Waals surface area contributed by atoms with Crippen LogP contribution in [0.5, 0.6) is 0 Å². The van der Waals surface area contributed by atoms with E-state index >= 15 is 0 Å². The molecule has 0 aliphatic heterocycles.